The highest BCUT2D eigenvalue weighted by Gasteiger charge is 2.17. The Hall–Kier alpha value is -1.38. The Morgan fingerprint density at radius 2 is 1.81 bits per heavy atom. The van der Waals surface area contributed by atoms with Crippen molar-refractivity contribution in [2.75, 3.05) is 0 Å². The molecule has 0 radical (unpaired) electrons. The van der Waals surface area contributed by atoms with E-state index in [0.29, 0.717) is 0 Å². The smallest absolute Gasteiger partial charge is 0.258 e. The molecule has 0 fully saturated rings. The molecule has 1 aromatic rings. The first-order valence-corrected chi connectivity index (χ1v) is 5.68. The van der Waals surface area contributed by atoms with Crippen LogP contribution in [-0.2, 0) is 6.42 Å². The molecule has 0 aliphatic carbocycles. The van der Waals surface area contributed by atoms with Crippen LogP contribution in [0.15, 0.2) is 24.3 Å². The Morgan fingerprint density at radius 1 is 1.25 bits per heavy atom. The highest BCUT2D eigenvalue weighted by Crippen LogP contribution is 2.27. The third-order valence-electron chi connectivity index (χ3n) is 2.76. The minimum absolute atomic E-state index is 0.164. The second kappa shape index (κ2) is 5.10. The SMILES string of the molecule is CCCC(C)(C)Cc1ccc([N+](=O)[O-])cc1. The summed E-state index contributed by atoms with van der Waals surface area (Å²) in [5, 5.41) is 10.5. The lowest BCUT2D eigenvalue weighted by atomic mass is 9.82. The molecule has 0 bridgehead atoms. The number of benzene rings is 1. The van der Waals surface area contributed by atoms with Gasteiger partial charge in [-0.05, 0) is 23.8 Å². The lowest BCUT2D eigenvalue weighted by molar-refractivity contribution is -0.384. The number of non-ortho nitro benzene ring substituents is 1. The zero-order chi connectivity index (χ0) is 12.2. The molecular formula is C13H19NO2. The standard InChI is InChI=1S/C13H19NO2/c1-4-9-13(2,3)10-11-5-7-12(8-6-11)14(15)16/h5-8H,4,9-10H2,1-3H3. The Balaban J connectivity index is 2.72. The van der Waals surface area contributed by atoms with Crippen molar-refractivity contribution in [3.63, 3.8) is 0 Å². The van der Waals surface area contributed by atoms with Crippen LogP contribution in [0.3, 0.4) is 0 Å². The largest absolute Gasteiger partial charge is 0.269 e. The maximum atomic E-state index is 10.5. The molecule has 0 amide bonds. The topological polar surface area (TPSA) is 43.1 Å². The van der Waals surface area contributed by atoms with Crippen LogP contribution in [0, 0.1) is 15.5 Å². The van der Waals surface area contributed by atoms with Crippen LogP contribution in [0.2, 0.25) is 0 Å². The Bertz CT molecular complexity index is 355. The van der Waals surface area contributed by atoms with E-state index in [9.17, 15) is 10.1 Å². The summed E-state index contributed by atoms with van der Waals surface area (Å²) >= 11 is 0. The minimum Gasteiger partial charge on any atom is -0.258 e. The summed E-state index contributed by atoms with van der Waals surface area (Å²) in [7, 11) is 0. The van der Waals surface area contributed by atoms with Crippen molar-refractivity contribution in [1.82, 2.24) is 0 Å². The maximum absolute atomic E-state index is 10.5. The lowest BCUT2D eigenvalue weighted by Crippen LogP contribution is -2.14. The molecule has 0 atom stereocenters. The molecule has 0 saturated carbocycles. The van der Waals surface area contributed by atoms with Gasteiger partial charge in [-0.25, -0.2) is 0 Å². The molecular weight excluding hydrogens is 202 g/mol. The van der Waals surface area contributed by atoms with E-state index in [1.807, 2.05) is 12.1 Å². The predicted octanol–water partition coefficient (Wildman–Crippen LogP) is 3.96. The highest BCUT2D eigenvalue weighted by molar-refractivity contribution is 5.33. The van der Waals surface area contributed by atoms with E-state index in [1.54, 1.807) is 12.1 Å². The summed E-state index contributed by atoms with van der Waals surface area (Å²) in [4.78, 5) is 10.1. The van der Waals surface area contributed by atoms with Crippen molar-refractivity contribution in [3.8, 4) is 0 Å². The van der Waals surface area contributed by atoms with Gasteiger partial charge in [-0.1, -0.05) is 39.3 Å². The van der Waals surface area contributed by atoms with E-state index >= 15 is 0 Å². The van der Waals surface area contributed by atoms with Crippen molar-refractivity contribution < 1.29 is 4.92 Å². The fourth-order valence-electron chi connectivity index (χ4n) is 2.05. The fourth-order valence-corrected chi connectivity index (χ4v) is 2.05. The third kappa shape index (κ3) is 3.65. The second-order valence-electron chi connectivity index (χ2n) is 5.01. The maximum Gasteiger partial charge on any atom is 0.269 e. The van der Waals surface area contributed by atoms with Gasteiger partial charge in [0, 0.05) is 12.1 Å². The van der Waals surface area contributed by atoms with E-state index in [0.717, 1.165) is 6.42 Å². The first-order valence-electron chi connectivity index (χ1n) is 5.68. The summed E-state index contributed by atoms with van der Waals surface area (Å²) in [6.45, 7) is 6.65. The van der Waals surface area contributed by atoms with Gasteiger partial charge in [0.25, 0.3) is 5.69 Å². The molecule has 3 heteroatoms. The van der Waals surface area contributed by atoms with Crippen LogP contribution in [-0.4, -0.2) is 4.92 Å². The number of rotatable bonds is 5. The summed E-state index contributed by atoms with van der Waals surface area (Å²) in [6, 6.07) is 6.87. The van der Waals surface area contributed by atoms with Crippen LogP contribution in [0.1, 0.15) is 39.2 Å². The molecule has 0 N–H and O–H groups in total. The number of nitrogens with zero attached hydrogens (tertiary/aromatic N) is 1. The van der Waals surface area contributed by atoms with Gasteiger partial charge in [-0.15, -0.1) is 0 Å². The quantitative estimate of drug-likeness (QED) is 0.558. The van der Waals surface area contributed by atoms with E-state index < -0.39 is 0 Å². The molecule has 0 saturated heterocycles. The number of hydrogen-bond acceptors (Lipinski definition) is 2. The van der Waals surface area contributed by atoms with Crippen LogP contribution in [0.4, 0.5) is 5.69 Å². The lowest BCUT2D eigenvalue weighted by Gasteiger charge is -2.23. The van der Waals surface area contributed by atoms with Gasteiger partial charge < -0.3 is 0 Å². The van der Waals surface area contributed by atoms with Gasteiger partial charge in [0.05, 0.1) is 4.92 Å². The fraction of sp³-hybridized carbons (Fsp3) is 0.538. The minimum atomic E-state index is -0.360. The molecule has 0 spiro atoms. The molecule has 88 valence electrons. The molecule has 1 rings (SSSR count). The molecule has 16 heavy (non-hydrogen) atoms. The monoisotopic (exact) mass is 221 g/mol. The number of nitro groups is 1. The zero-order valence-electron chi connectivity index (χ0n) is 10.2. The molecule has 0 unspecified atom stereocenters. The highest BCUT2D eigenvalue weighted by atomic mass is 16.6. The Morgan fingerprint density at radius 3 is 2.25 bits per heavy atom. The summed E-state index contributed by atoms with van der Waals surface area (Å²) < 4.78 is 0. The number of nitro benzene ring substituents is 1. The van der Waals surface area contributed by atoms with Crippen molar-refractivity contribution in [1.29, 1.82) is 0 Å². The van der Waals surface area contributed by atoms with Gasteiger partial charge in [0.1, 0.15) is 0 Å². The first kappa shape index (κ1) is 12.7. The van der Waals surface area contributed by atoms with Gasteiger partial charge >= 0.3 is 0 Å². The van der Waals surface area contributed by atoms with Gasteiger partial charge in [-0.2, -0.15) is 0 Å². The average Bonchev–Trinajstić information content (AvgIpc) is 2.17. The predicted molar refractivity (Wildman–Crippen MR) is 65.5 cm³/mol. The Labute approximate surface area is 96.6 Å². The van der Waals surface area contributed by atoms with Crippen LogP contribution in [0.5, 0.6) is 0 Å². The zero-order valence-corrected chi connectivity index (χ0v) is 10.2. The second-order valence-corrected chi connectivity index (χ2v) is 5.01. The summed E-state index contributed by atoms with van der Waals surface area (Å²) in [5.74, 6) is 0. The van der Waals surface area contributed by atoms with Gasteiger partial charge in [-0.3, -0.25) is 10.1 Å². The van der Waals surface area contributed by atoms with E-state index in [2.05, 4.69) is 20.8 Å². The third-order valence-corrected chi connectivity index (χ3v) is 2.76. The van der Waals surface area contributed by atoms with Crippen molar-refractivity contribution in [2.45, 2.75) is 40.0 Å². The summed E-state index contributed by atoms with van der Waals surface area (Å²) in [6.07, 6.45) is 3.31. The normalized spacial score (nSPS) is 11.4. The van der Waals surface area contributed by atoms with Crippen molar-refractivity contribution in [2.24, 2.45) is 5.41 Å². The average molecular weight is 221 g/mol. The van der Waals surface area contributed by atoms with E-state index in [-0.39, 0.29) is 16.0 Å². The first-order chi connectivity index (χ1) is 7.44. The molecule has 1 aromatic carbocycles. The van der Waals surface area contributed by atoms with Gasteiger partial charge in [0.2, 0.25) is 0 Å². The van der Waals surface area contributed by atoms with Crippen LogP contribution < -0.4 is 0 Å². The molecule has 0 aromatic heterocycles. The molecule has 3 nitrogen and oxygen atoms in total. The van der Waals surface area contributed by atoms with Crippen LogP contribution >= 0.6 is 0 Å². The van der Waals surface area contributed by atoms with Crippen molar-refractivity contribution in [3.05, 3.63) is 39.9 Å². The van der Waals surface area contributed by atoms with Crippen molar-refractivity contribution >= 4 is 5.69 Å². The molecule has 0 aliphatic rings. The molecule has 0 aliphatic heterocycles. The molecule has 0 heterocycles. The summed E-state index contributed by atoms with van der Waals surface area (Å²) in [5.41, 5.74) is 1.60. The van der Waals surface area contributed by atoms with Gasteiger partial charge in [0.15, 0.2) is 0 Å². The Kier molecular flexibility index (Phi) is 4.05. The van der Waals surface area contributed by atoms with Crippen LogP contribution in [0.25, 0.3) is 0 Å². The number of hydrogen-bond donors (Lipinski definition) is 0. The van der Waals surface area contributed by atoms with E-state index in [4.69, 9.17) is 0 Å². The van der Waals surface area contributed by atoms with E-state index in [1.165, 1.54) is 18.4 Å².